The van der Waals surface area contributed by atoms with Crippen LogP contribution >= 0.6 is 0 Å². The zero-order valence-electron chi connectivity index (χ0n) is 17.8. The average Bonchev–Trinajstić information content (AvgIpc) is 2.82. The number of hydrogen-bond donors (Lipinski definition) is 0. The van der Waals surface area contributed by atoms with Gasteiger partial charge in [0.05, 0.1) is 16.9 Å². The number of rotatable bonds is 7. The van der Waals surface area contributed by atoms with Crippen LogP contribution < -0.4 is 4.90 Å². The number of esters is 1. The normalized spacial score (nSPS) is 15.2. The molecule has 164 valence electrons. The van der Waals surface area contributed by atoms with Gasteiger partial charge in [0.1, 0.15) is 5.69 Å². The van der Waals surface area contributed by atoms with Gasteiger partial charge in [0.2, 0.25) is 0 Å². The van der Waals surface area contributed by atoms with Crippen LogP contribution in [0, 0.1) is 16.0 Å². The zero-order chi connectivity index (χ0) is 22.4. The third kappa shape index (κ3) is 5.39. The maximum atomic E-state index is 12.5. The van der Waals surface area contributed by atoms with E-state index < -0.39 is 10.9 Å². The van der Waals surface area contributed by atoms with Gasteiger partial charge in [-0.25, -0.2) is 0 Å². The molecule has 1 fully saturated rings. The third-order valence-electron chi connectivity index (χ3n) is 5.84. The molecular weight excluding hydrogens is 398 g/mol. The molecule has 1 saturated heterocycles. The van der Waals surface area contributed by atoms with E-state index >= 15 is 0 Å². The van der Waals surface area contributed by atoms with Crippen LogP contribution in [0.1, 0.15) is 31.4 Å². The number of ether oxygens (including phenoxy) is 1. The third-order valence-corrected chi connectivity index (χ3v) is 5.84. The summed E-state index contributed by atoms with van der Waals surface area (Å²) in [5.74, 6) is -0.970. The molecule has 1 aliphatic rings. The van der Waals surface area contributed by atoms with Crippen molar-refractivity contribution in [3.8, 4) is 0 Å². The van der Waals surface area contributed by atoms with Gasteiger partial charge in [-0.3, -0.25) is 19.7 Å². The first-order valence-corrected chi connectivity index (χ1v) is 10.3. The lowest BCUT2D eigenvalue weighted by Crippen LogP contribution is -2.38. The lowest BCUT2D eigenvalue weighted by Gasteiger charge is -2.32. The summed E-state index contributed by atoms with van der Waals surface area (Å²) in [7, 11) is 1.69. The number of nitro benzene ring substituents is 1. The monoisotopic (exact) mass is 425 g/mol. The standard InChI is InChI=1S/C23H27N3O5/c1-17(18-8-4-3-5-9-18)24(2)22(27)16-31-23(28)19-12-14-25(15-13-19)20-10-6-7-11-21(20)26(29)30/h3-11,17,19H,12-16H2,1-2H3. The first-order chi connectivity index (χ1) is 14.9. The van der Waals surface area contributed by atoms with Gasteiger partial charge >= 0.3 is 5.97 Å². The Bertz CT molecular complexity index is 926. The molecule has 0 aliphatic carbocycles. The Kier molecular flexibility index (Phi) is 7.23. The highest BCUT2D eigenvalue weighted by atomic mass is 16.6. The van der Waals surface area contributed by atoms with Crippen LogP contribution in [0.25, 0.3) is 0 Å². The van der Waals surface area contributed by atoms with Crippen molar-refractivity contribution in [1.29, 1.82) is 0 Å². The number of anilines is 1. The molecule has 0 aromatic heterocycles. The molecule has 1 atom stereocenters. The van der Waals surface area contributed by atoms with Crippen molar-refractivity contribution >= 4 is 23.3 Å². The second-order valence-electron chi connectivity index (χ2n) is 7.71. The van der Waals surface area contributed by atoms with Gasteiger partial charge in [-0.05, 0) is 31.4 Å². The summed E-state index contributed by atoms with van der Waals surface area (Å²) in [5, 5.41) is 11.2. The van der Waals surface area contributed by atoms with E-state index in [4.69, 9.17) is 4.74 Å². The summed E-state index contributed by atoms with van der Waals surface area (Å²) < 4.78 is 5.30. The van der Waals surface area contributed by atoms with Crippen molar-refractivity contribution < 1.29 is 19.2 Å². The summed E-state index contributed by atoms with van der Waals surface area (Å²) in [6.07, 6.45) is 1.05. The Morgan fingerprint density at radius 3 is 2.39 bits per heavy atom. The largest absolute Gasteiger partial charge is 0.455 e. The van der Waals surface area contributed by atoms with Crippen molar-refractivity contribution in [3.05, 3.63) is 70.3 Å². The summed E-state index contributed by atoms with van der Waals surface area (Å²) in [6.45, 7) is 2.66. The fourth-order valence-corrected chi connectivity index (χ4v) is 3.77. The van der Waals surface area contributed by atoms with E-state index in [9.17, 15) is 19.7 Å². The average molecular weight is 425 g/mol. The highest BCUT2D eigenvalue weighted by Gasteiger charge is 2.29. The van der Waals surface area contributed by atoms with Crippen molar-refractivity contribution in [3.63, 3.8) is 0 Å². The van der Waals surface area contributed by atoms with Crippen molar-refractivity contribution in [2.24, 2.45) is 5.92 Å². The fraction of sp³-hybridized carbons (Fsp3) is 0.391. The molecule has 2 aromatic rings. The number of nitrogens with zero attached hydrogens (tertiary/aromatic N) is 3. The number of hydrogen-bond acceptors (Lipinski definition) is 6. The number of likely N-dealkylation sites (N-methyl/N-ethyl adjacent to an activating group) is 1. The molecule has 1 aliphatic heterocycles. The predicted molar refractivity (Wildman–Crippen MR) is 117 cm³/mol. The number of nitro groups is 1. The van der Waals surface area contributed by atoms with Gasteiger partial charge in [0.25, 0.3) is 11.6 Å². The lowest BCUT2D eigenvalue weighted by molar-refractivity contribution is -0.384. The van der Waals surface area contributed by atoms with Gasteiger partial charge in [-0.2, -0.15) is 0 Å². The van der Waals surface area contributed by atoms with E-state index in [1.165, 1.54) is 6.07 Å². The van der Waals surface area contributed by atoms with Crippen molar-refractivity contribution in [2.75, 3.05) is 31.6 Å². The maximum absolute atomic E-state index is 12.5. The molecule has 0 radical (unpaired) electrons. The summed E-state index contributed by atoms with van der Waals surface area (Å²) in [5.41, 5.74) is 1.63. The van der Waals surface area contributed by atoms with Crippen LogP contribution in [-0.4, -0.2) is 48.4 Å². The van der Waals surface area contributed by atoms with Crippen LogP contribution in [-0.2, 0) is 14.3 Å². The molecule has 0 bridgehead atoms. The Hall–Kier alpha value is -3.42. The van der Waals surface area contributed by atoms with Gasteiger partial charge in [-0.1, -0.05) is 42.5 Å². The molecular formula is C23H27N3O5. The number of para-hydroxylation sites is 2. The molecule has 3 rings (SSSR count). The van der Waals surface area contributed by atoms with E-state index in [2.05, 4.69) is 0 Å². The zero-order valence-corrected chi connectivity index (χ0v) is 17.8. The molecule has 8 heteroatoms. The van der Waals surface area contributed by atoms with Crippen LogP contribution in [0.15, 0.2) is 54.6 Å². The number of carbonyl (C=O) groups excluding carboxylic acids is 2. The highest BCUT2D eigenvalue weighted by molar-refractivity contribution is 5.81. The Labute approximate surface area is 181 Å². The SMILES string of the molecule is CC(c1ccccc1)N(C)C(=O)COC(=O)C1CCN(c2ccccc2[N+](=O)[O-])CC1. The summed E-state index contributed by atoms with van der Waals surface area (Å²) in [6, 6.07) is 16.1. The minimum atomic E-state index is -0.395. The maximum Gasteiger partial charge on any atom is 0.309 e. The van der Waals surface area contributed by atoms with E-state index in [-0.39, 0.29) is 30.2 Å². The summed E-state index contributed by atoms with van der Waals surface area (Å²) >= 11 is 0. The lowest BCUT2D eigenvalue weighted by atomic mass is 9.96. The second kappa shape index (κ2) is 10.1. The molecule has 0 saturated carbocycles. The summed E-state index contributed by atoms with van der Waals surface area (Å²) in [4.78, 5) is 39.3. The quantitative estimate of drug-likeness (QED) is 0.382. The number of carbonyl (C=O) groups is 2. The molecule has 8 nitrogen and oxygen atoms in total. The second-order valence-corrected chi connectivity index (χ2v) is 7.71. The smallest absolute Gasteiger partial charge is 0.309 e. The molecule has 31 heavy (non-hydrogen) atoms. The van der Waals surface area contributed by atoms with Crippen LogP contribution in [0.2, 0.25) is 0 Å². The Balaban J connectivity index is 1.49. The predicted octanol–water partition coefficient (Wildman–Crippen LogP) is 3.57. The van der Waals surface area contributed by atoms with Crippen molar-refractivity contribution in [2.45, 2.75) is 25.8 Å². The van der Waals surface area contributed by atoms with Crippen LogP contribution in [0.3, 0.4) is 0 Å². The molecule has 1 amide bonds. The van der Waals surface area contributed by atoms with E-state index in [1.54, 1.807) is 30.1 Å². The number of piperidine rings is 1. The van der Waals surface area contributed by atoms with Gasteiger partial charge in [0, 0.05) is 26.2 Å². The Morgan fingerprint density at radius 1 is 1.13 bits per heavy atom. The van der Waals surface area contributed by atoms with Gasteiger partial charge in [0.15, 0.2) is 6.61 Å². The number of benzene rings is 2. The van der Waals surface area contributed by atoms with Crippen LogP contribution in [0.5, 0.6) is 0 Å². The van der Waals surface area contributed by atoms with E-state index in [0.717, 1.165) is 5.56 Å². The fourth-order valence-electron chi connectivity index (χ4n) is 3.77. The molecule has 1 heterocycles. The highest BCUT2D eigenvalue weighted by Crippen LogP contribution is 2.31. The topological polar surface area (TPSA) is 93.0 Å². The first kappa shape index (κ1) is 22.3. The Morgan fingerprint density at radius 2 is 1.74 bits per heavy atom. The minimum absolute atomic E-state index is 0.0599. The van der Waals surface area contributed by atoms with Crippen molar-refractivity contribution in [1.82, 2.24) is 4.90 Å². The minimum Gasteiger partial charge on any atom is -0.455 e. The van der Waals surface area contributed by atoms with E-state index in [0.29, 0.717) is 31.6 Å². The molecule has 2 aromatic carbocycles. The van der Waals surface area contributed by atoms with E-state index in [1.807, 2.05) is 42.2 Å². The molecule has 0 N–H and O–H groups in total. The molecule has 1 unspecified atom stereocenters. The van der Waals surface area contributed by atoms with Gasteiger partial charge < -0.3 is 14.5 Å². The van der Waals surface area contributed by atoms with Crippen LogP contribution in [0.4, 0.5) is 11.4 Å². The van der Waals surface area contributed by atoms with Gasteiger partial charge in [-0.15, -0.1) is 0 Å². The molecule has 0 spiro atoms. The number of amides is 1. The first-order valence-electron chi connectivity index (χ1n) is 10.3.